The lowest BCUT2D eigenvalue weighted by Crippen LogP contribution is -2.34. The van der Waals surface area contributed by atoms with Crippen LogP contribution in [0.15, 0.2) is 10.8 Å². The van der Waals surface area contributed by atoms with E-state index in [1.807, 2.05) is 0 Å². The fourth-order valence-corrected chi connectivity index (χ4v) is 1.64. The van der Waals surface area contributed by atoms with Gasteiger partial charge in [0, 0.05) is 11.1 Å². The number of alkyl halides is 4. The molecule has 0 aliphatic rings. The van der Waals surface area contributed by atoms with Crippen LogP contribution in [0.2, 0.25) is 0 Å². The van der Waals surface area contributed by atoms with Gasteiger partial charge in [0.15, 0.2) is 0 Å². The van der Waals surface area contributed by atoms with Crippen LogP contribution < -0.4 is 5.32 Å². The third kappa shape index (κ3) is 2.60. The fourth-order valence-electron chi connectivity index (χ4n) is 0.832. The first-order chi connectivity index (χ1) is 6.43. The summed E-state index contributed by atoms with van der Waals surface area (Å²) in [5.74, 6) is -3.98. The maximum atomic E-state index is 12.5. The quantitative estimate of drug-likeness (QED) is 0.777. The largest absolute Gasteiger partial charge is 0.378 e. The monoisotopic (exact) mass is 227 g/mol. The number of thiophene rings is 1. The number of hydrogen-bond donors (Lipinski definition) is 1. The van der Waals surface area contributed by atoms with Gasteiger partial charge in [0.05, 0.1) is 6.54 Å². The zero-order chi connectivity index (χ0) is 10.8. The molecule has 80 valence electrons. The van der Waals surface area contributed by atoms with Crippen LogP contribution in [0, 0.1) is 6.92 Å². The molecule has 0 saturated carbocycles. The molecule has 0 radical (unpaired) electrons. The second kappa shape index (κ2) is 4.16. The van der Waals surface area contributed by atoms with Crippen molar-refractivity contribution in [1.29, 1.82) is 0 Å². The zero-order valence-electron chi connectivity index (χ0n) is 7.36. The Morgan fingerprint density at radius 1 is 1.43 bits per heavy atom. The van der Waals surface area contributed by atoms with E-state index in [1.165, 1.54) is 11.3 Å². The first-order valence-corrected chi connectivity index (χ1v) is 4.80. The molecule has 0 unspecified atom stereocenters. The average Bonchev–Trinajstić information content (AvgIpc) is 2.47. The molecule has 14 heavy (non-hydrogen) atoms. The molecule has 0 saturated heterocycles. The lowest BCUT2D eigenvalue weighted by Gasteiger charge is -2.16. The van der Waals surface area contributed by atoms with Crippen LogP contribution in [-0.2, 0) is 0 Å². The minimum Gasteiger partial charge on any atom is -0.378 e. The third-order valence-corrected chi connectivity index (χ3v) is 2.55. The minimum atomic E-state index is -3.98. The Hall–Kier alpha value is -0.780. The van der Waals surface area contributed by atoms with Crippen molar-refractivity contribution in [3.63, 3.8) is 0 Å². The van der Waals surface area contributed by atoms with Crippen LogP contribution in [0.3, 0.4) is 0 Å². The summed E-state index contributed by atoms with van der Waals surface area (Å²) in [6.45, 7) is 0.682. The maximum Gasteiger partial charge on any atom is 0.324 e. The highest BCUT2D eigenvalue weighted by molar-refractivity contribution is 7.08. The van der Waals surface area contributed by atoms with Gasteiger partial charge in [0.1, 0.15) is 0 Å². The number of halogens is 4. The summed E-state index contributed by atoms with van der Waals surface area (Å²) in [6, 6.07) is 0. The molecule has 1 N–H and O–H groups in total. The lowest BCUT2D eigenvalue weighted by atomic mass is 10.3. The molecular formula is C8H9F4NS. The van der Waals surface area contributed by atoms with Gasteiger partial charge in [-0.2, -0.15) is 8.78 Å². The molecule has 0 amide bonds. The summed E-state index contributed by atoms with van der Waals surface area (Å²) in [5, 5.41) is 5.66. The molecule has 0 aliphatic heterocycles. The van der Waals surface area contributed by atoms with Crippen molar-refractivity contribution in [2.24, 2.45) is 0 Å². The van der Waals surface area contributed by atoms with E-state index < -0.39 is 18.9 Å². The summed E-state index contributed by atoms with van der Waals surface area (Å²) < 4.78 is 48.4. The van der Waals surface area contributed by atoms with Gasteiger partial charge in [0.25, 0.3) is 0 Å². The van der Waals surface area contributed by atoms with Gasteiger partial charge in [-0.3, -0.25) is 0 Å². The van der Waals surface area contributed by atoms with Gasteiger partial charge in [-0.05, 0) is 17.9 Å². The number of hydrogen-bond acceptors (Lipinski definition) is 2. The molecule has 1 rings (SSSR count). The predicted molar refractivity (Wildman–Crippen MR) is 48.5 cm³/mol. The Labute approximate surface area is 82.7 Å². The average molecular weight is 227 g/mol. The maximum absolute atomic E-state index is 12.5. The first-order valence-electron chi connectivity index (χ1n) is 3.86. The van der Waals surface area contributed by atoms with E-state index >= 15 is 0 Å². The minimum absolute atomic E-state index is 0.482. The Morgan fingerprint density at radius 3 is 2.50 bits per heavy atom. The van der Waals surface area contributed by atoms with Gasteiger partial charge in [-0.25, -0.2) is 8.78 Å². The zero-order valence-corrected chi connectivity index (χ0v) is 8.18. The number of aryl methyl sites for hydroxylation is 1. The molecule has 0 fully saturated rings. The van der Waals surface area contributed by atoms with Crippen molar-refractivity contribution in [2.45, 2.75) is 19.3 Å². The molecule has 0 aromatic carbocycles. The topological polar surface area (TPSA) is 12.0 Å². The number of nitrogens with one attached hydrogen (secondary N) is 1. The predicted octanol–water partition coefficient (Wildman–Crippen LogP) is 3.37. The highest BCUT2D eigenvalue weighted by Gasteiger charge is 2.40. The molecular weight excluding hydrogens is 218 g/mol. The van der Waals surface area contributed by atoms with Gasteiger partial charge < -0.3 is 5.32 Å². The van der Waals surface area contributed by atoms with Crippen molar-refractivity contribution >= 4 is 17.0 Å². The Kier molecular flexibility index (Phi) is 3.36. The second-order valence-corrected chi connectivity index (χ2v) is 3.63. The first kappa shape index (κ1) is 11.3. The van der Waals surface area contributed by atoms with Gasteiger partial charge in [-0.1, -0.05) is 0 Å². The van der Waals surface area contributed by atoms with Crippen molar-refractivity contribution in [3.05, 3.63) is 16.3 Å². The summed E-state index contributed by atoms with van der Waals surface area (Å²) in [7, 11) is 0. The molecule has 0 aliphatic carbocycles. The molecule has 0 spiro atoms. The fraction of sp³-hybridized carbons (Fsp3) is 0.500. The van der Waals surface area contributed by atoms with Gasteiger partial charge in [0.2, 0.25) is 0 Å². The summed E-state index contributed by atoms with van der Waals surface area (Å²) >= 11 is 1.33. The molecule has 6 heteroatoms. The van der Waals surface area contributed by atoms with E-state index in [4.69, 9.17) is 0 Å². The van der Waals surface area contributed by atoms with Gasteiger partial charge >= 0.3 is 12.3 Å². The normalized spacial score (nSPS) is 12.1. The van der Waals surface area contributed by atoms with Crippen molar-refractivity contribution in [3.8, 4) is 0 Å². The summed E-state index contributed by atoms with van der Waals surface area (Å²) in [5.41, 5.74) is 1.26. The number of anilines is 1. The van der Waals surface area contributed by atoms with E-state index in [9.17, 15) is 17.6 Å². The van der Waals surface area contributed by atoms with Crippen LogP contribution in [-0.4, -0.2) is 18.9 Å². The van der Waals surface area contributed by atoms with Crippen LogP contribution in [0.5, 0.6) is 0 Å². The van der Waals surface area contributed by atoms with Crippen LogP contribution >= 0.6 is 11.3 Å². The lowest BCUT2D eigenvalue weighted by molar-refractivity contribution is -0.117. The van der Waals surface area contributed by atoms with E-state index in [1.54, 1.807) is 17.7 Å². The van der Waals surface area contributed by atoms with Crippen molar-refractivity contribution < 1.29 is 17.6 Å². The van der Waals surface area contributed by atoms with E-state index in [2.05, 4.69) is 5.32 Å². The summed E-state index contributed by atoms with van der Waals surface area (Å²) in [6.07, 6.45) is -3.63. The smallest absolute Gasteiger partial charge is 0.324 e. The molecule has 1 heterocycles. The van der Waals surface area contributed by atoms with E-state index in [-0.39, 0.29) is 0 Å². The van der Waals surface area contributed by atoms with Crippen LogP contribution in [0.1, 0.15) is 5.56 Å². The van der Waals surface area contributed by atoms with E-state index in [0.717, 1.165) is 5.56 Å². The standard InChI is InChI=1S/C8H9F4NS/c1-5-2-14-3-6(5)13-4-8(11,12)7(9)10/h2-3,7,13H,4H2,1H3. The van der Waals surface area contributed by atoms with Crippen molar-refractivity contribution in [1.82, 2.24) is 0 Å². The van der Waals surface area contributed by atoms with Crippen molar-refractivity contribution in [2.75, 3.05) is 11.9 Å². The summed E-state index contributed by atoms with van der Waals surface area (Å²) in [4.78, 5) is 0. The Morgan fingerprint density at radius 2 is 2.07 bits per heavy atom. The Bertz CT molecular complexity index is 297. The molecule has 1 nitrogen and oxygen atoms in total. The Balaban J connectivity index is 2.53. The third-order valence-electron chi connectivity index (χ3n) is 1.69. The SMILES string of the molecule is Cc1cscc1NCC(F)(F)C(F)F. The van der Waals surface area contributed by atoms with Gasteiger partial charge in [-0.15, -0.1) is 11.3 Å². The highest BCUT2D eigenvalue weighted by Crippen LogP contribution is 2.25. The molecule has 0 bridgehead atoms. The highest BCUT2D eigenvalue weighted by atomic mass is 32.1. The van der Waals surface area contributed by atoms with E-state index in [0.29, 0.717) is 5.69 Å². The molecule has 0 atom stereocenters. The van der Waals surface area contributed by atoms with Crippen LogP contribution in [0.25, 0.3) is 0 Å². The number of rotatable bonds is 4. The molecule has 1 aromatic rings. The second-order valence-electron chi connectivity index (χ2n) is 2.88. The molecule has 1 aromatic heterocycles. The van der Waals surface area contributed by atoms with Crippen LogP contribution in [0.4, 0.5) is 23.2 Å².